The molecule has 0 N–H and O–H groups in total. The van der Waals surface area contributed by atoms with Crippen LogP contribution < -0.4 is 0 Å². The number of hydrogen-bond acceptors (Lipinski definition) is 0. The van der Waals surface area contributed by atoms with Gasteiger partial charge in [0.05, 0.1) is 22.1 Å². The number of para-hydroxylation sites is 4. The summed E-state index contributed by atoms with van der Waals surface area (Å²) in [6, 6.07) is 79.5. The number of aromatic nitrogens is 2. The van der Waals surface area contributed by atoms with Gasteiger partial charge < -0.3 is 9.13 Å². The first-order valence-electron chi connectivity index (χ1n) is 19.3. The minimum atomic E-state index is 1.15. The van der Waals surface area contributed by atoms with Crippen molar-refractivity contribution in [3.8, 4) is 55.9 Å². The van der Waals surface area contributed by atoms with Crippen molar-refractivity contribution in [3.05, 3.63) is 218 Å². The zero-order valence-corrected chi connectivity index (χ0v) is 30.7. The summed E-state index contributed by atoms with van der Waals surface area (Å²) in [7, 11) is 0. The van der Waals surface area contributed by atoms with E-state index in [4.69, 9.17) is 0 Å². The maximum atomic E-state index is 2.41. The van der Waals surface area contributed by atoms with Gasteiger partial charge in [0, 0.05) is 32.9 Å². The van der Waals surface area contributed by atoms with Crippen molar-refractivity contribution in [3.63, 3.8) is 0 Å². The van der Waals surface area contributed by atoms with Crippen LogP contribution in [-0.4, -0.2) is 9.13 Å². The fourth-order valence-corrected chi connectivity index (χ4v) is 8.77. The standard InChI is InChI=1S/C54H36N2/c1-3-15-37(16-4-1)47-35-48(38-17-5-2-6-18-38)50(40-29-33-42(34-30-40)56-53-25-13-9-21-45(53)46-22-10-14-26-54(46)56)36-49(47)39-27-31-41(32-28-39)55-51-23-11-7-19-43(51)44-20-8-12-24-52(44)55/h1-36H. The van der Waals surface area contributed by atoms with E-state index in [0.29, 0.717) is 0 Å². The molecule has 2 aromatic heterocycles. The van der Waals surface area contributed by atoms with Crippen LogP contribution >= 0.6 is 0 Å². The van der Waals surface area contributed by atoms with Gasteiger partial charge in [-0.2, -0.15) is 0 Å². The van der Waals surface area contributed by atoms with Crippen LogP contribution in [0.4, 0.5) is 0 Å². The van der Waals surface area contributed by atoms with Gasteiger partial charge in [-0.3, -0.25) is 0 Å². The Morgan fingerprint density at radius 1 is 0.214 bits per heavy atom. The Morgan fingerprint density at radius 2 is 0.464 bits per heavy atom. The zero-order chi connectivity index (χ0) is 37.0. The number of hydrogen-bond donors (Lipinski definition) is 0. The SMILES string of the molecule is c1ccc(-c2cc(-c3ccccc3)c(-c3ccc(-n4c5ccccc5c5ccccc54)cc3)cc2-c2ccc(-n3c4ccccc4c4ccccc43)cc2)cc1. The maximum absolute atomic E-state index is 2.41. The third-order valence-corrected chi connectivity index (χ3v) is 11.4. The molecular formula is C54H36N2. The average Bonchev–Trinajstić information content (AvgIpc) is 3.80. The van der Waals surface area contributed by atoms with E-state index >= 15 is 0 Å². The summed E-state index contributed by atoms with van der Waals surface area (Å²) in [6.07, 6.45) is 0. The molecule has 0 unspecified atom stereocenters. The van der Waals surface area contributed by atoms with E-state index in [0.717, 1.165) is 11.4 Å². The number of benzene rings is 9. The molecule has 56 heavy (non-hydrogen) atoms. The van der Waals surface area contributed by atoms with Gasteiger partial charge in [-0.05, 0) is 105 Å². The van der Waals surface area contributed by atoms with Gasteiger partial charge in [0.1, 0.15) is 0 Å². The Kier molecular flexibility index (Phi) is 7.53. The van der Waals surface area contributed by atoms with Crippen LogP contribution in [0.2, 0.25) is 0 Å². The summed E-state index contributed by atoms with van der Waals surface area (Å²) in [5, 5.41) is 5.07. The van der Waals surface area contributed by atoms with Crippen LogP contribution in [0, 0.1) is 0 Å². The van der Waals surface area contributed by atoms with Crippen molar-refractivity contribution in [1.82, 2.24) is 9.13 Å². The summed E-state index contributed by atoms with van der Waals surface area (Å²) < 4.78 is 4.77. The molecule has 0 bridgehead atoms. The maximum Gasteiger partial charge on any atom is 0.0541 e. The molecule has 2 heteroatoms. The van der Waals surface area contributed by atoms with Gasteiger partial charge in [0.25, 0.3) is 0 Å². The highest BCUT2D eigenvalue weighted by Gasteiger charge is 2.18. The lowest BCUT2D eigenvalue weighted by Gasteiger charge is -2.19. The number of rotatable bonds is 6. The summed E-state index contributed by atoms with van der Waals surface area (Å²) in [5.74, 6) is 0. The first-order chi connectivity index (χ1) is 27.8. The molecule has 9 aromatic carbocycles. The van der Waals surface area contributed by atoms with Crippen molar-refractivity contribution < 1.29 is 0 Å². The van der Waals surface area contributed by atoms with E-state index in [2.05, 4.69) is 228 Å². The molecule has 0 fully saturated rings. The molecular weight excluding hydrogens is 677 g/mol. The Labute approximate surface area is 325 Å². The van der Waals surface area contributed by atoms with Gasteiger partial charge >= 0.3 is 0 Å². The topological polar surface area (TPSA) is 9.86 Å². The lowest BCUT2D eigenvalue weighted by Crippen LogP contribution is -1.96. The second-order valence-electron chi connectivity index (χ2n) is 14.5. The van der Waals surface area contributed by atoms with E-state index in [1.807, 2.05) is 0 Å². The molecule has 2 nitrogen and oxygen atoms in total. The van der Waals surface area contributed by atoms with Crippen molar-refractivity contribution >= 4 is 43.6 Å². The summed E-state index contributed by atoms with van der Waals surface area (Å²) in [4.78, 5) is 0. The highest BCUT2D eigenvalue weighted by atomic mass is 15.0. The molecule has 0 radical (unpaired) electrons. The molecule has 0 aliphatic carbocycles. The fourth-order valence-electron chi connectivity index (χ4n) is 8.77. The largest absolute Gasteiger partial charge is 0.309 e. The second kappa shape index (κ2) is 13.2. The van der Waals surface area contributed by atoms with Crippen LogP contribution in [0.5, 0.6) is 0 Å². The molecule has 0 aliphatic rings. The average molecular weight is 713 g/mol. The first-order valence-corrected chi connectivity index (χ1v) is 19.3. The van der Waals surface area contributed by atoms with E-state index in [-0.39, 0.29) is 0 Å². The van der Waals surface area contributed by atoms with Gasteiger partial charge in [0.2, 0.25) is 0 Å². The molecule has 0 aliphatic heterocycles. The van der Waals surface area contributed by atoms with Crippen molar-refractivity contribution in [2.45, 2.75) is 0 Å². The molecule has 11 aromatic rings. The van der Waals surface area contributed by atoms with E-state index in [1.165, 1.54) is 88.1 Å². The van der Waals surface area contributed by atoms with Gasteiger partial charge in [-0.15, -0.1) is 0 Å². The number of fused-ring (bicyclic) bond motifs is 6. The third-order valence-electron chi connectivity index (χ3n) is 11.4. The molecule has 0 saturated heterocycles. The Morgan fingerprint density at radius 3 is 0.768 bits per heavy atom. The quantitative estimate of drug-likeness (QED) is 0.162. The van der Waals surface area contributed by atoms with Gasteiger partial charge in [-0.25, -0.2) is 0 Å². The molecule has 262 valence electrons. The van der Waals surface area contributed by atoms with Crippen molar-refractivity contribution in [2.75, 3.05) is 0 Å². The summed E-state index contributed by atoms with van der Waals surface area (Å²) in [5.41, 5.74) is 16.7. The summed E-state index contributed by atoms with van der Waals surface area (Å²) in [6.45, 7) is 0. The van der Waals surface area contributed by atoms with Gasteiger partial charge in [0.15, 0.2) is 0 Å². The normalized spacial score (nSPS) is 11.6. The highest BCUT2D eigenvalue weighted by molar-refractivity contribution is 6.10. The molecule has 0 saturated carbocycles. The smallest absolute Gasteiger partial charge is 0.0541 e. The highest BCUT2D eigenvalue weighted by Crippen LogP contribution is 2.43. The Balaban J connectivity index is 1.09. The third kappa shape index (κ3) is 5.19. The Bertz CT molecular complexity index is 2880. The number of nitrogens with zero attached hydrogens (tertiary/aromatic N) is 2. The summed E-state index contributed by atoms with van der Waals surface area (Å²) >= 11 is 0. The lowest BCUT2D eigenvalue weighted by molar-refractivity contribution is 1.18. The van der Waals surface area contributed by atoms with Crippen molar-refractivity contribution in [1.29, 1.82) is 0 Å². The molecule has 0 amide bonds. The first kappa shape index (κ1) is 32.0. The predicted octanol–water partition coefficient (Wildman–Crippen LogP) is 14.5. The monoisotopic (exact) mass is 712 g/mol. The van der Waals surface area contributed by atoms with Crippen LogP contribution in [0.25, 0.3) is 99.5 Å². The van der Waals surface area contributed by atoms with Crippen molar-refractivity contribution in [2.24, 2.45) is 0 Å². The fraction of sp³-hybridized carbons (Fsp3) is 0. The minimum absolute atomic E-state index is 1.15. The lowest BCUT2D eigenvalue weighted by atomic mass is 9.85. The van der Waals surface area contributed by atoms with Crippen LogP contribution in [-0.2, 0) is 0 Å². The Hall–Kier alpha value is -7.42. The van der Waals surface area contributed by atoms with E-state index < -0.39 is 0 Å². The van der Waals surface area contributed by atoms with Gasteiger partial charge in [-0.1, -0.05) is 158 Å². The molecule has 2 heterocycles. The van der Waals surface area contributed by atoms with Crippen LogP contribution in [0.3, 0.4) is 0 Å². The van der Waals surface area contributed by atoms with E-state index in [1.54, 1.807) is 0 Å². The molecule has 0 spiro atoms. The minimum Gasteiger partial charge on any atom is -0.309 e. The van der Waals surface area contributed by atoms with Crippen LogP contribution in [0.15, 0.2) is 218 Å². The second-order valence-corrected chi connectivity index (χ2v) is 14.5. The zero-order valence-electron chi connectivity index (χ0n) is 30.7. The molecule has 0 atom stereocenters. The predicted molar refractivity (Wildman–Crippen MR) is 237 cm³/mol. The van der Waals surface area contributed by atoms with E-state index in [9.17, 15) is 0 Å². The molecule has 11 rings (SSSR count). The van der Waals surface area contributed by atoms with Crippen LogP contribution in [0.1, 0.15) is 0 Å².